The minimum Gasteiger partial charge on any atom is -0.370 e. The van der Waals surface area contributed by atoms with Crippen LogP contribution < -0.4 is 5.32 Å². The van der Waals surface area contributed by atoms with E-state index in [1.165, 1.54) is 6.07 Å². The van der Waals surface area contributed by atoms with Crippen LogP contribution in [0.1, 0.15) is 34.5 Å². The molecule has 29 heavy (non-hydrogen) atoms. The highest BCUT2D eigenvalue weighted by Crippen LogP contribution is 2.54. The van der Waals surface area contributed by atoms with Crippen LogP contribution in [0, 0.1) is 24.6 Å². The SMILES string of the molecule is Cc1ccc(C(=O)NC[C@H]2[C@H]3CN(Cc4ccccc4F)C[C@]34CC[C@H]2O4)cn1. The third kappa shape index (κ3) is 3.34. The number of nitrogens with zero attached hydrogens (tertiary/aromatic N) is 2. The average molecular weight is 395 g/mol. The maximum atomic E-state index is 14.1. The van der Waals surface area contributed by atoms with E-state index >= 15 is 0 Å². The van der Waals surface area contributed by atoms with Gasteiger partial charge in [-0.1, -0.05) is 18.2 Å². The third-order valence-electron chi connectivity index (χ3n) is 6.88. The molecule has 1 spiro atoms. The molecule has 0 radical (unpaired) electrons. The zero-order valence-corrected chi connectivity index (χ0v) is 16.6. The fraction of sp³-hybridized carbons (Fsp3) is 0.478. The Morgan fingerprint density at radius 3 is 3.00 bits per heavy atom. The molecular formula is C23H26FN3O2. The van der Waals surface area contributed by atoms with Gasteiger partial charge in [0.15, 0.2) is 0 Å². The number of hydrogen-bond donors (Lipinski definition) is 1. The van der Waals surface area contributed by atoms with Crippen molar-refractivity contribution in [2.45, 2.75) is 38.0 Å². The lowest BCUT2D eigenvalue weighted by Crippen LogP contribution is -2.41. The van der Waals surface area contributed by atoms with Crippen LogP contribution in [-0.2, 0) is 11.3 Å². The van der Waals surface area contributed by atoms with Crippen LogP contribution >= 0.6 is 0 Å². The highest BCUT2D eigenvalue weighted by molar-refractivity contribution is 5.93. The van der Waals surface area contributed by atoms with Gasteiger partial charge in [-0.05, 0) is 38.0 Å². The molecular weight excluding hydrogens is 369 g/mol. The second kappa shape index (κ2) is 7.18. The standard InChI is InChI=1S/C23H26FN3O2/c1-15-6-7-16(10-25-15)22(28)26-11-18-19-13-27(12-17-4-2-3-5-20(17)24)14-23(19)9-8-21(18)29-23/h2-7,10,18-19,21H,8-9,11-14H2,1H3,(H,26,28)/t18-,19+,21+,23+/m0/s1. The average Bonchev–Trinajstić information content (AvgIpc) is 3.36. The topological polar surface area (TPSA) is 54.5 Å². The van der Waals surface area contributed by atoms with E-state index in [2.05, 4.69) is 15.2 Å². The van der Waals surface area contributed by atoms with Crippen LogP contribution in [0.4, 0.5) is 4.39 Å². The van der Waals surface area contributed by atoms with Crippen molar-refractivity contribution in [3.63, 3.8) is 0 Å². The number of benzene rings is 1. The van der Waals surface area contributed by atoms with Gasteiger partial charge in [0.05, 0.1) is 17.3 Å². The molecule has 2 aromatic rings. The molecule has 4 heterocycles. The maximum Gasteiger partial charge on any atom is 0.252 e. The zero-order chi connectivity index (χ0) is 20.0. The van der Waals surface area contributed by atoms with Gasteiger partial charge in [0, 0.05) is 55.5 Å². The van der Waals surface area contributed by atoms with Gasteiger partial charge in [0.25, 0.3) is 5.91 Å². The molecule has 152 valence electrons. The van der Waals surface area contributed by atoms with Crippen LogP contribution in [0.2, 0.25) is 0 Å². The Morgan fingerprint density at radius 2 is 2.21 bits per heavy atom. The molecule has 3 aliphatic heterocycles. The Balaban J connectivity index is 1.25. The van der Waals surface area contributed by atoms with Gasteiger partial charge in [-0.25, -0.2) is 4.39 Å². The molecule has 1 N–H and O–H groups in total. The Morgan fingerprint density at radius 1 is 1.34 bits per heavy atom. The lowest BCUT2D eigenvalue weighted by Gasteiger charge is -2.29. The molecule has 0 aliphatic carbocycles. The summed E-state index contributed by atoms with van der Waals surface area (Å²) in [5.41, 5.74) is 2.08. The van der Waals surface area contributed by atoms with Crippen molar-refractivity contribution in [3.05, 3.63) is 65.2 Å². The summed E-state index contributed by atoms with van der Waals surface area (Å²) in [5.74, 6) is 0.444. The number of carbonyl (C=O) groups is 1. The summed E-state index contributed by atoms with van der Waals surface area (Å²) < 4.78 is 20.5. The molecule has 1 amide bonds. The van der Waals surface area contributed by atoms with Gasteiger partial charge in [0.2, 0.25) is 0 Å². The number of amides is 1. The van der Waals surface area contributed by atoms with E-state index in [1.807, 2.05) is 31.2 Å². The molecule has 6 heteroatoms. The van der Waals surface area contributed by atoms with E-state index in [0.29, 0.717) is 30.5 Å². The second-order valence-corrected chi connectivity index (χ2v) is 8.69. The normalized spacial score (nSPS) is 30.5. The number of rotatable bonds is 5. The van der Waals surface area contributed by atoms with Crippen molar-refractivity contribution in [3.8, 4) is 0 Å². The van der Waals surface area contributed by atoms with Crippen LogP contribution in [-0.4, -0.2) is 47.1 Å². The number of hydrogen-bond acceptors (Lipinski definition) is 4. The fourth-order valence-corrected chi connectivity index (χ4v) is 5.46. The summed E-state index contributed by atoms with van der Waals surface area (Å²) in [7, 11) is 0. The van der Waals surface area contributed by atoms with Crippen molar-refractivity contribution < 1.29 is 13.9 Å². The second-order valence-electron chi connectivity index (χ2n) is 8.69. The number of ether oxygens (including phenoxy) is 1. The molecule has 5 rings (SSSR count). The summed E-state index contributed by atoms with van der Waals surface area (Å²) in [6.45, 7) is 4.84. The summed E-state index contributed by atoms with van der Waals surface area (Å²) >= 11 is 0. The minimum atomic E-state index is -0.150. The van der Waals surface area contributed by atoms with E-state index < -0.39 is 0 Å². The largest absolute Gasteiger partial charge is 0.370 e. The Hall–Kier alpha value is -2.31. The number of likely N-dealkylation sites (tertiary alicyclic amines) is 1. The number of aryl methyl sites for hydroxylation is 1. The lowest BCUT2D eigenvalue weighted by molar-refractivity contribution is 0.00204. The van der Waals surface area contributed by atoms with Crippen LogP contribution in [0.15, 0.2) is 42.6 Å². The monoisotopic (exact) mass is 395 g/mol. The number of carbonyl (C=O) groups excluding carboxylic acids is 1. The maximum absolute atomic E-state index is 14.1. The van der Waals surface area contributed by atoms with E-state index in [9.17, 15) is 9.18 Å². The molecule has 4 atom stereocenters. The van der Waals surface area contributed by atoms with Crippen molar-refractivity contribution in [1.29, 1.82) is 0 Å². The first kappa shape index (κ1) is 18.7. The minimum absolute atomic E-state index is 0.0875. The Kier molecular flexibility index (Phi) is 4.63. The first-order valence-corrected chi connectivity index (χ1v) is 10.4. The molecule has 5 nitrogen and oxygen atoms in total. The molecule has 3 saturated heterocycles. The first-order valence-electron chi connectivity index (χ1n) is 10.4. The van der Waals surface area contributed by atoms with E-state index in [-0.39, 0.29) is 23.4 Å². The number of halogens is 1. The van der Waals surface area contributed by atoms with Gasteiger partial charge >= 0.3 is 0 Å². The predicted octanol–water partition coefficient (Wildman–Crippen LogP) is 2.94. The third-order valence-corrected chi connectivity index (χ3v) is 6.88. The van der Waals surface area contributed by atoms with Crippen LogP contribution in [0.3, 0.4) is 0 Å². The highest BCUT2D eigenvalue weighted by atomic mass is 19.1. The van der Waals surface area contributed by atoms with Gasteiger partial charge in [-0.3, -0.25) is 14.7 Å². The summed E-state index contributed by atoms with van der Waals surface area (Å²) in [6, 6.07) is 10.6. The van der Waals surface area contributed by atoms with Crippen LogP contribution in [0.25, 0.3) is 0 Å². The Labute approximate surface area is 170 Å². The van der Waals surface area contributed by atoms with Crippen molar-refractivity contribution >= 4 is 5.91 Å². The summed E-state index contributed by atoms with van der Waals surface area (Å²) in [4.78, 5) is 19.0. The number of fused-ring (bicyclic) bond motifs is 1. The summed E-state index contributed by atoms with van der Waals surface area (Å²) in [6.07, 6.45) is 3.93. The van der Waals surface area contributed by atoms with Gasteiger partial charge in [-0.15, -0.1) is 0 Å². The molecule has 1 aromatic heterocycles. The fourth-order valence-electron chi connectivity index (χ4n) is 5.46. The van der Waals surface area contributed by atoms with E-state index in [0.717, 1.165) is 37.2 Å². The van der Waals surface area contributed by atoms with Gasteiger partial charge in [0.1, 0.15) is 5.82 Å². The molecule has 0 saturated carbocycles. The smallest absolute Gasteiger partial charge is 0.252 e. The molecule has 0 unspecified atom stereocenters. The van der Waals surface area contributed by atoms with Crippen molar-refractivity contribution in [2.75, 3.05) is 19.6 Å². The molecule has 2 bridgehead atoms. The van der Waals surface area contributed by atoms with E-state index in [1.54, 1.807) is 12.3 Å². The van der Waals surface area contributed by atoms with Crippen LogP contribution in [0.5, 0.6) is 0 Å². The number of pyridine rings is 1. The highest BCUT2D eigenvalue weighted by Gasteiger charge is 2.62. The lowest BCUT2D eigenvalue weighted by atomic mass is 9.73. The molecule has 3 aliphatic rings. The first-order chi connectivity index (χ1) is 14.0. The van der Waals surface area contributed by atoms with Gasteiger partial charge in [-0.2, -0.15) is 0 Å². The molecule has 3 fully saturated rings. The quantitative estimate of drug-likeness (QED) is 0.846. The summed E-state index contributed by atoms with van der Waals surface area (Å²) in [5, 5.41) is 3.09. The Bertz CT molecular complexity index is 919. The van der Waals surface area contributed by atoms with Crippen molar-refractivity contribution in [1.82, 2.24) is 15.2 Å². The number of nitrogens with one attached hydrogen (secondary N) is 1. The van der Waals surface area contributed by atoms with E-state index in [4.69, 9.17) is 4.74 Å². The molecule has 1 aromatic carbocycles. The zero-order valence-electron chi connectivity index (χ0n) is 16.6. The number of aromatic nitrogens is 1. The van der Waals surface area contributed by atoms with Gasteiger partial charge < -0.3 is 10.1 Å². The van der Waals surface area contributed by atoms with Crippen molar-refractivity contribution in [2.24, 2.45) is 11.8 Å². The predicted molar refractivity (Wildman–Crippen MR) is 107 cm³/mol.